The van der Waals surface area contributed by atoms with E-state index in [0.29, 0.717) is 17.8 Å². The predicted octanol–water partition coefficient (Wildman–Crippen LogP) is 10.4. The van der Waals surface area contributed by atoms with E-state index in [-0.39, 0.29) is 12.2 Å². The summed E-state index contributed by atoms with van der Waals surface area (Å²) in [6, 6.07) is 19.5. The molecule has 0 bridgehead atoms. The molecule has 1 unspecified atom stereocenters. The van der Waals surface area contributed by atoms with Crippen molar-refractivity contribution in [3.05, 3.63) is 83.6 Å². The number of allylic oxidation sites excluding steroid dienone is 1. The molecule has 2 aromatic rings. The number of aliphatic hydroxyl groups is 2. The summed E-state index contributed by atoms with van der Waals surface area (Å²) in [5.74, 6) is -1.22. The minimum Gasteiger partial charge on any atom is -0.507 e. The quantitative estimate of drug-likeness (QED) is 0.132. The van der Waals surface area contributed by atoms with Crippen molar-refractivity contribution in [2.45, 2.75) is 122 Å². The fourth-order valence-electron chi connectivity index (χ4n) is 5.55. The molecule has 3 rings (SSSR count). The third-order valence-corrected chi connectivity index (χ3v) is 7.90. The highest BCUT2D eigenvalue weighted by Gasteiger charge is 2.35. The molecule has 0 fully saturated rings. The van der Waals surface area contributed by atoms with Crippen molar-refractivity contribution in [2.75, 3.05) is 6.61 Å². The second-order valence-electron chi connectivity index (χ2n) is 11.3. The van der Waals surface area contributed by atoms with Crippen LogP contribution in [0.2, 0.25) is 0 Å². The van der Waals surface area contributed by atoms with Gasteiger partial charge in [0.1, 0.15) is 5.76 Å². The number of benzene rings is 2. The zero-order chi connectivity index (χ0) is 27.6. The number of hydrogen-bond donors (Lipinski definition) is 2. The predicted molar refractivity (Wildman–Crippen MR) is 165 cm³/mol. The zero-order valence-electron chi connectivity index (χ0n) is 24.4. The maximum Gasteiger partial charge on any atom is 0.190 e. The first kappa shape index (κ1) is 31.2. The molecule has 1 aliphatic carbocycles. The summed E-state index contributed by atoms with van der Waals surface area (Å²) < 4.78 is 6.08. The lowest BCUT2D eigenvalue weighted by molar-refractivity contribution is -0.163. The maximum atomic E-state index is 11.4. The molecule has 1 aliphatic rings. The molecule has 0 aliphatic heterocycles. The molecular formula is C36H52O3. The summed E-state index contributed by atoms with van der Waals surface area (Å²) in [5, 5.41) is 22.6. The van der Waals surface area contributed by atoms with Gasteiger partial charge in [0.2, 0.25) is 0 Å². The van der Waals surface area contributed by atoms with Gasteiger partial charge in [-0.25, -0.2) is 0 Å². The standard InChI is InChI=1S/C36H52O3/c1-2-3-4-5-6-7-8-9-10-11-12-13-14-15-16-23-28-39-36(38)29-33(31-24-19-17-20-25-31)35(37)34(30-36)32-26-21-18-22-27-32/h17-22,24-27,29,37-38H,2-16,23,28,30H2,1H3. The van der Waals surface area contributed by atoms with E-state index in [9.17, 15) is 10.2 Å². The van der Waals surface area contributed by atoms with Gasteiger partial charge >= 0.3 is 0 Å². The summed E-state index contributed by atoms with van der Waals surface area (Å²) in [4.78, 5) is 0. The van der Waals surface area contributed by atoms with Crippen molar-refractivity contribution in [3.8, 4) is 0 Å². The molecule has 0 spiro atoms. The van der Waals surface area contributed by atoms with Gasteiger partial charge in [-0.1, -0.05) is 164 Å². The van der Waals surface area contributed by atoms with Crippen LogP contribution in [-0.2, 0) is 4.74 Å². The molecule has 2 N–H and O–H groups in total. The summed E-state index contributed by atoms with van der Waals surface area (Å²) in [6.45, 7) is 2.79. The van der Waals surface area contributed by atoms with Crippen LogP contribution in [0.3, 0.4) is 0 Å². The number of rotatable bonds is 20. The Bertz CT molecular complexity index is 979. The minimum absolute atomic E-state index is 0.211. The van der Waals surface area contributed by atoms with Crippen molar-refractivity contribution in [1.29, 1.82) is 0 Å². The second kappa shape index (κ2) is 18.1. The average molecular weight is 533 g/mol. The van der Waals surface area contributed by atoms with Gasteiger partial charge in [-0.05, 0) is 23.6 Å². The average Bonchev–Trinajstić information content (AvgIpc) is 2.97. The number of hydrogen-bond acceptors (Lipinski definition) is 3. The van der Waals surface area contributed by atoms with E-state index in [0.717, 1.165) is 24.0 Å². The van der Waals surface area contributed by atoms with Crippen molar-refractivity contribution in [2.24, 2.45) is 0 Å². The molecule has 3 nitrogen and oxygen atoms in total. The molecule has 0 amide bonds. The Morgan fingerprint density at radius 3 is 1.54 bits per heavy atom. The molecule has 0 aromatic heterocycles. The maximum absolute atomic E-state index is 11.4. The highest BCUT2D eigenvalue weighted by Crippen LogP contribution is 2.40. The van der Waals surface area contributed by atoms with Gasteiger partial charge in [0, 0.05) is 17.6 Å². The number of aliphatic hydroxyl groups excluding tert-OH is 1. The van der Waals surface area contributed by atoms with E-state index in [4.69, 9.17) is 4.74 Å². The van der Waals surface area contributed by atoms with E-state index < -0.39 is 5.79 Å². The highest BCUT2D eigenvalue weighted by atomic mass is 16.6. The highest BCUT2D eigenvalue weighted by molar-refractivity contribution is 5.89. The van der Waals surface area contributed by atoms with Crippen LogP contribution >= 0.6 is 0 Å². The molecule has 39 heavy (non-hydrogen) atoms. The van der Waals surface area contributed by atoms with Crippen LogP contribution in [0.15, 0.2) is 72.5 Å². The molecule has 0 saturated carbocycles. The van der Waals surface area contributed by atoms with Crippen LogP contribution in [0.25, 0.3) is 11.1 Å². The van der Waals surface area contributed by atoms with Crippen LogP contribution in [0.1, 0.15) is 127 Å². The Kier molecular flexibility index (Phi) is 14.4. The second-order valence-corrected chi connectivity index (χ2v) is 11.3. The first-order valence-electron chi connectivity index (χ1n) is 15.8. The molecule has 0 radical (unpaired) electrons. The van der Waals surface area contributed by atoms with Gasteiger partial charge in [0.25, 0.3) is 0 Å². The Hall–Kier alpha value is -2.36. The fourth-order valence-corrected chi connectivity index (χ4v) is 5.55. The number of unbranched alkanes of at least 4 members (excludes halogenated alkanes) is 15. The van der Waals surface area contributed by atoms with E-state index in [1.165, 1.54) is 89.9 Å². The first-order valence-corrected chi connectivity index (χ1v) is 15.8. The lowest BCUT2D eigenvalue weighted by Crippen LogP contribution is -2.33. The summed E-state index contributed by atoms with van der Waals surface area (Å²) >= 11 is 0. The van der Waals surface area contributed by atoms with E-state index in [1.807, 2.05) is 60.7 Å². The summed E-state index contributed by atoms with van der Waals surface area (Å²) in [7, 11) is 0. The van der Waals surface area contributed by atoms with Gasteiger partial charge in [-0.2, -0.15) is 0 Å². The minimum atomic E-state index is -1.43. The summed E-state index contributed by atoms with van der Waals surface area (Å²) in [6.07, 6.45) is 23.2. The monoisotopic (exact) mass is 532 g/mol. The molecular weight excluding hydrogens is 480 g/mol. The Morgan fingerprint density at radius 2 is 1.05 bits per heavy atom. The van der Waals surface area contributed by atoms with Gasteiger partial charge in [0.15, 0.2) is 5.79 Å². The Balaban J connectivity index is 1.33. The molecule has 214 valence electrons. The summed E-state index contributed by atoms with van der Waals surface area (Å²) in [5.41, 5.74) is 3.11. The van der Waals surface area contributed by atoms with Crippen molar-refractivity contribution >= 4 is 11.1 Å². The molecule has 3 heteroatoms. The lowest BCUT2D eigenvalue weighted by Gasteiger charge is -2.32. The van der Waals surface area contributed by atoms with Crippen molar-refractivity contribution < 1.29 is 14.9 Å². The SMILES string of the molecule is CCCCCCCCCCCCCCCCCCOC1(O)C=C(c2ccccc2)C(O)=C(c2ccccc2)C1. The fraction of sp³-hybridized carbons (Fsp3) is 0.556. The van der Waals surface area contributed by atoms with Gasteiger partial charge < -0.3 is 14.9 Å². The smallest absolute Gasteiger partial charge is 0.190 e. The topological polar surface area (TPSA) is 49.7 Å². The molecule has 1 atom stereocenters. The van der Waals surface area contributed by atoms with Gasteiger partial charge in [-0.3, -0.25) is 0 Å². The van der Waals surface area contributed by atoms with Crippen LogP contribution < -0.4 is 0 Å². The van der Waals surface area contributed by atoms with E-state index >= 15 is 0 Å². The number of ether oxygens (including phenoxy) is 1. The van der Waals surface area contributed by atoms with E-state index in [1.54, 1.807) is 6.08 Å². The van der Waals surface area contributed by atoms with Crippen LogP contribution in [0.5, 0.6) is 0 Å². The van der Waals surface area contributed by atoms with Crippen LogP contribution in [0.4, 0.5) is 0 Å². The van der Waals surface area contributed by atoms with Crippen molar-refractivity contribution in [1.82, 2.24) is 0 Å². The third-order valence-electron chi connectivity index (χ3n) is 7.90. The van der Waals surface area contributed by atoms with Gasteiger partial charge in [0.05, 0.1) is 6.61 Å². The Morgan fingerprint density at radius 1 is 0.615 bits per heavy atom. The first-order chi connectivity index (χ1) is 19.1. The van der Waals surface area contributed by atoms with Crippen molar-refractivity contribution in [3.63, 3.8) is 0 Å². The Labute approximate surface area is 238 Å². The normalized spacial score (nSPS) is 17.4. The largest absolute Gasteiger partial charge is 0.507 e. The molecule has 0 saturated heterocycles. The molecule has 2 aromatic carbocycles. The third kappa shape index (κ3) is 11.3. The van der Waals surface area contributed by atoms with E-state index in [2.05, 4.69) is 6.92 Å². The lowest BCUT2D eigenvalue weighted by atomic mass is 9.86. The van der Waals surface area contributed by atoms with Gasteiger partial charge in [-0.15, -0.1) is 0 Å². The zero-order valence-corrected chi connectivity index (χ0v) is 24.4. The van der Waals surface area contributed by atoms with Crippen LogP contribution in [0, 0.1) is 0 Å². The molecule has 0 heterocycles. The van der Waals surface area contributed by atoms with Crippen LogP contribution in [-0.4, -0.2) is 22.6 Å².